The Morgan fingerprint density at radius 3 is 2.36 bits per heavy atom. The average Bonchev–Trinajstić information content (AvgIpc) is 2.92. The van der Waals surface area contributed by atoms with Crippen LogP contribution in [0.5, 0.6) is 0 Å². The number of nitrogens with zero attached hydrogens (tertiary/aromatic N) is 1. The van der Waals surface area contributed by atoms with Crippen molar-refractivity contribution in [1.82, 2.24) is 4.90 Å². The van der Waals surface area contributed by atoms with E-state index >= 15 is 0 Å². The molecule has 1 atom stereocenters. The lowest BCUT2D eigenvalue weighted by Crippen LogP contribution is -2.49. The highest BCUT2D eigenvalue weighted by Crippen LogP contribution is 2.35. The van der Waals surface area contributed by atoms with Gasteiger partial charge < -0.3 is 5.11 Å². The van der Waals surface area contributed by atoms with Crippen LogP contribution in [-0.2, 0) is 15.6 Å². The number of carboxylic acid groups (broad SMARTS) is 1. The Morgan fingerprint density at radius 2 is 1.93 bits per heavy atom. The Kier molecular flexibility index (Phi) is 2.88. The molecule has 0 aromatic heterocycles. The quantitative estimate of drug-likeness (QED) is 0.718. The van der Waals surface area contributed by atoms with Gasteiger partial charge in [0.1, 0.15) is 6.04 Å². The van der Waals surface area contributed by atoms with Crippen LogP contribution >= 0.6 is 0 Å². The number of aliphatic carboxylic acids is 1. The van der Waals surface area contributed by atoms with Crippen molar-refractivity contribution in [2.75, 3.05) is 24.6 Å². The van der Waals surface area contributed by atoms with Gasteiger partial charge in [-0.15, -0.1) is 0 Å². The molecule has 1 N–H and O–H groups in total. The predicted octanol–water partition coefficient (Wildman–Crippen LogP) is -0.0861. The number of rotatable bonds is 3. The minimum absolute atomic E-state index is 0.313. The van der Waals surface area contributed by atoms with Crippen molar-refractivity contribution < 1.29 is 14.1 Å². The summed E-state index contributed by atoms with van der Waals surface area (Å²) in [5.74, 6) is 0.909. The second-order valence-corrected chi connectivity index (χ2v) is 5.70. The topological polar surface area (TPSA) is 57.6 Å². The molecule has 2 aliphatic rings. The Labute approximate surface area is 85.7 Å². The Hall–Kier alpha value is -0.420. The summed E-state index contributed by atoms with van der Waals surface area (Å²) < 4.78 is 11.1. The monoisotopic (exact) mass is 217 g/mol. The zero-order chi connectivity index (χ0) is 10.1. The maximum Gasteiger partial charge on any atom is 0.321 e. The highest BCUT2D eigenvalue weighted by molar-refractivity contribution is 7.85. The first-order valence-corrected chi connectivity index (χ1v) is 6.49. The van der Waals surface area contributed by atoms with Crippen LogP contribution in [-0.4, -0.2) is 50.8 Å². The molecule has 1 unspecified atom stereocenters. The standard InChI is InChI=1S/C9H15NO3S/c11-9(12)8(7-1-2-7)10-3-5-14(13)6-4-10/h7-8H,1-6H2,(H,11,12). The molecule has 14 heavy (non-hydrogen) atoms. The lowest BCUT2D eigenvalue weighted by Gasteiger charge is -2.31. The number of hydrogen-bond acceptors (Lipinski definition) is 3. The van der Waals surface area contributed by atoms with Crippen LogP contribution in [0.3, 0.4) is 0 Å². The summed E-state index contributed by atoms with van der Waals surface area (Å²) in [5.41, 5.74) is 0. The molecule has 0 aromatic rings. The van der Waals surface area contributed by atoms with Gasteiger partial charge in [-0.3, -0.25) is 13.9 Å². The normalized spacial score (nSPS) is 27.4. The summed E-state index contributed by atoms with van der Waals surface area (Å²) >= 11 is 0. The average molecular weight is 217 g/mol. The minimum Gasteiger partial charge on any atom is -0.480 e. The van der Waals surface area contributed by atoms with Crippen LogP contribution in [0.1, 0.15) is 12.8 Å². The molecule has 0 spiro atoms. The molecule has 5 heteroatoms. The summed E-state index contributed by atoms with van der Waals surface area (Å²) in [7, 11) is -0.718. The molecule has 80 valence electrons. The third-order valence-corrected chi connectivity index (χ3v) is 4.20. The second-order valence-electron chi connectivity index (χ2n) is 4.00. The molecule has 0 radical (unpaired) electrons. The summed E-state index contributed by atoms with van der Waals surface area (Å²) in [5, 5.41) is 9.08. The summed E-state index contributed by atoms with van der Waals surface area (Å²) in [6.45, 7) is 1.36. The Morgan fingerprint density at radius 1 is 1.36 bits per heavy atom. The van der Waals surface area contributed by atoms with E-state index in [1.54, 1.807) is 0 Å². The van der Waals surface area contributed by atoms with Crippen LogP contribution in [0.25, 0.3) is 0 Å². The molecule has 0 aromatic carbocycles. The minimum atomic E-state index is -0.718. The van der Waals surface area contributed by atoms with Gasteiger partial charge in [0.15, 0.2) is 0 Å². The Balaban J connectivity index is 1.97. The van der Waals surface area contributed by atoms with Crippen molar-refractivity contribution in [3.8, 4) is 0 Å². The van der Waals surface area contributed by atoms with Crippen LogP contribution < -0.4 is 0 Å². The maximum atomic E-state index is 11.1. The van der Waals surface area contributed by atoms with Gasteiger partial charge >= 0.3 is 5.97 Å². The van der Waals surface area contributed by atoms with E-state index in [0.717, 1.165) is 12.8 Å². The number of carboxylic acids is 1. The van der Waals surface area contributed by atoms with E-state index in [1.807, 2.05) is 4.90 Å². The Bertz CT molecular complexity index is 255. The van der Waals surface area contributed by atoms with E-state index in [4.69, 9.17) is 5.11 Å². The smallest absolute Gasteiger partial charge is 0.321 e. The van der Waals surface area contributed by atoms with Gasteiger partial charge in [0, 0.05) is 35.4 Å². The van der Waals surface area contributed by atoms with Gasteiger partial charge in [-0.25, -0.2) is 0 Å². The van der Waals surface area contributed by atoms with Crippen LogP contribution in [0, 0.1) is 5.92 Å². The van der Waals surface area contributed by atoms with Gasteiger partial charge in [0.05, 0.1) is 0 Å². The third-order valence-electron chi connectivity index (χ3n) is 2.93. The molecule has 1 heterocycles. The SMILES string of the molecule is O=C(O)C(C1CC1)N1CCS(=O)CC1. The lowest BCUT2D eigenvalue weighted by molar-refractivity contribution is -0.144. The van der Waals surface area contributed by atoms with E-state index in [1.165, 1.54) is 0 Å². The van der Waals surface area contributed by atoms with Gasteiger partial charge in [0.25, 0.3) is 0 Å². The molecule has 4 nitrogen and oxygen atoms in total. The summed E-state index contributed by atoms with van der Waals surface area (Å²) in [6, 6.07) is -0.313. The molecule has 0 bridgehead atoms. The third kappa shape index (κ3) is 2.15. The fourth-order valence-electron chi connectivity index (χ4n) is 2.00. The molecular formula is C9H15NO3S. The first kappa shape index (κ1) is 10.1. The fourth-order valence-corrected chi connectivity index (χ4v) is 3.08. The van der Waals surface area contributed by atoms with Gasteiger partial charge in [0.2, 0.25) is 0 Å². The van der Waals surface area contributed by atoms with Crippen LogP contribution in [0.4, 0.5) is 0 Å². The number of carbonyl (C=O) groups is 1. The maximum absolute atomic E-state index is 11.1. The second kappa shape index (κ2) is 3.98. The van der Waals surface area contributed by atoms with E-state index in [9.17, 15) is 9.00 Å². The van der Waals surface area contributed by atoms with E-state index in [-0.39, 0.29) is 6.04 Å². The molecule has 1 aliphatic heterocycles. The van der Waals surface area contributed by atoms with Gasteiger partial charge in [-0.1, -0.05) is 0 Å². The van der Waals surface area contributed by atoms with Crippen molar-refractivity contribution in [3.63, 3.8) is 0 Å². The van der Waals surface area contributed by atoms with Crippen molar-refractivity contribution in [1.29, 1.82) is 0 Å². The predicted molar refractivity (Wildman–Crippen MR) is 53.6 cm³/mol. The lowest BCUT2D eigenvalue weighted by atomic mass is 10.1. The highest BCUT2D eigenvalue weighted by atomic mass is 32.2. The summed E-state index contributed by atoms with van der Waals surface area (Å²) in [6.07, 6.45) is 2.08. The molecule has 2 rings (SSSR count). The van der Waals surface area contributed by atoms with Crippen molar-refractivity contribution >= 4 is 16.8 Å². The van der Waals surface area contributed by atoms with Gasteiger partial charge in [-0.05, 0) is 18.8 Å². The van der Waals surface area contributed by atoms with E-state index in [0.29, 0.717) is 30.5 Å². The largest absolute Gasteiger partial charge is 0.480 e. The highest BCUT2D eigenvalue weighted by Gasteiger charge is 2.40. The van der Waals surface area contributed by atoms with Gasteiger partial charge in [-0.2, -0.15) is 0 Å². The molecule has 0 amide bonds. The zero-order valence-electron chi connectivity index (χ0n) is 8.02. The van der Waals surface area contributed by atoms with E-state index < -0.39 is 16.8 Å². The molecule has 1 saturated heterocycles. The first-order chi connectivity index (χ1) is 6.68. The zero-order valence-corrected chi connectivity index (χ0v) is 8.83. The van der Waals surface area contributed by atoms with Crippen molar-refractivity contribution in [2.24, 2.45) is 5.92 Å². The van der Waals surface area contributed by atoms with Crippen molar-refractivity contribution in [2.45, 2.75) is 18.9 Å². The van der Waals surface area contributed by atoms with Crippen LogP contribution in [0.15, 0.2) is 0 Å². The fraction of sp³-hybridized carbons (Fsp3) is 0.889. The van der Waals surface area contributed by atoms with E-state index in [2.05, 4.69) is 0 Å². The first-order valence-electron chi connectivity index (χ1n) is 5.00. The molecule has 1 saturated carbocycles. The number of hydrogen-bond donors (Lipinski definition) is 1. The van der Waals surface area contributed by atoms with Crippen LogP contribution in [0.2, 0.25) is 0 Å². The molecule has 1 aliphatic carbocycles. The molecular weight excluding hydrogens is 202 g/mol. The molecule has 2 fully saturated rings. The summed E-state index contributed by atoms with van der Waals surface area (Å²) in [4.78, 5) is 13.0. The van der Waals surface area contributed by atoms with Crippen molar-refractivity contribution in [3.05, 3.63) is 0 Å².